The minimum atomic E-state index is -0.00407. The molecule has 4 N–H and O–H groups in total. The van der Waals surface area contributed by atoms with Gasteiger partial charge in [0.15, 0.2) is 0 Å². The molecule has 1 saturated carbocycles. The molecule has 2 atom stereocenters. The van der Waals surface area contributed by atoms with Gasteiger partial charge < -0.3 is 11.5 Å². The molecular weight excluding hydrogens is 287 g/mol. The van der Waals surface area contributed by atoms with Gasteiger partial charge in [-0.3, -0.25) is 0 Å². The Morgan fingerprint density at radius 2 is 1.86 bits per heavy atom. The van der Waals surface area contributed by atoms with Crippen LogP contribution in [0.15, 0.2) is 24.3 Å². The van der Waals surface area contributed by atoms with E-state index in [4.69, 9.17) is 11.5 Å². The molecule has 1 aromatic carbocycles. The fourth-order valence-electron chi connectivity index (χ4n) is 1.73. The Morgan fingerprint density at radius 1 is 1.21 bits per heavy atom. The highest BCUT2D eigenvalue weighted by Crippen LogP contribution is 2.36. The number of hydrogen-bond acceptors (Lipinski definition) is 2. The standard InChI is InChI=1S/C11H15IN2/c12-9-4-2-1-3-8(9)11(14)10(13)7-5-6-7/h1-4,7,10-11H,5-6,13-14H2/t10-,11-/m0/s1. The first-order valence-corrected chi connectivity index (χ1v) is 6.03. The Kier molecular flexibility index (Phi) is 3.09. The summed E-state index contributed by atoms with van der Waals surface area (Å²) >= 11 is 2.32. The van der Waals surface area contributed by atoms with Gasteiger partial charge >= 0.3 is 0 Å². The van der Waals surface area contributed by atoms with Crippen LogP contribution in [0.1, 0.15) is 24.4 Å². The summed E-state index contributed by atoms with van der Waals surface area (Å²) in [6, 6.07) is 8.34. The summed E-state index contributed by atoms with van der Waals surface area (Å²) in [4.78, 5) is 0. The Labute approximate surface area is 98.2 Å². The second-order valence-electron chi connectivity index (χ2n) is 3.96. The third-order valence-electron chi connectivity index (χ3n) is 2.85. The van der Waals surface area contributed by atoms with Crippen LogP contribution in [0.2, 0.25) is 0 Å². The zero-order chi connectivity index (χ0) is 10.1. The molecule has 0 amide bonds. The highest BCUT2D eigenvalue weighted by atomic mass is 127. The molecule has 0 aromatic heterocycles. The normalized spacial score (nSPS) is 20.5. The maximum Gasteiger partial charge on any atom is 0.0462 e. The lowest BCUT2D eigenvalue weighted by molar-refractivity contribution is 0.492. The number of halogens is 1. The van der Waals surface area contributed by atoms with Gasteiger partial charge in [-0.25, -0.2) is 0 Å². The topological polar surface area (TPSA) is 52.0 Å². The highest BCUT2D eigenvalue weighted by molar-refractivity contribution is 14.1. The van der Waals surface area contributed by atoms with Crippen LogP contribution in [0, 0.1) is 9.49 Å². The predicted octanol–water partition coefficient (Wildman–Crippen LogP) is 2.03. The molecule has 0 radical (unpaired) electrons. The number of rotatable bonds is 3. The molecule has 1 fully saturated rings. The fraction of sp³-hybridized carbons (Fsp3) is 0.455. The number of hydrogen-bond donors (Lipinski definition) is 2. The smallest absolute Gasteiger partial charge is 0.0462 e. The van der Waals surface area contributed by atoms with Crippen molar-refractivity contribution in [1.82, 2.24) is 0 Å². The van der Waals surface area contributed by atoms with E-state index in [0.717, 1.165) is 0 Å². The summed E-state index contributed by atoms with van der Waals surface area (Å²) in [6.45, 7) is 0. The molecule has 0 heterocycles. The van der Waals surface area contributed by atoms with E-state index >= 15 is 0 Å². The van der Waals surface area contributed by atoms with Crippen molar-refractivity contribution in [3.8, 4) is 0 Å². The first kappa shape index (κ1) is 10.4. The lowest BCUT2D eigenvalue weighted by Gasteiger charge is -2.20. The van der Waals surface area contributed by atoms with Crippen LogP contribution in [0.25, 0.3) is 0 Å². The minimum absolute atomic E-state index is 0.00407. The molecule has 0 bridgehead atoms. The molecule has 14 heavy (non-hydrogen) atoms. The summed E-state index contributed by atoms with van der Waals surface area (Å²) in [5.74, 6) is 0.654. The summed E-state index contributed by atoms with van der Waals surface area (Å²) in [6.07, 6.45) is 2.50. The molecule has 1 aliphatic carbocycles. The average molecular weight is 302 g/mol. The van der Waals surface area contributed by atoms with Crippen LogP contribution in [0.5, 0.6) is 0 Å². The number of nitrogens with two attached hydrogens (primary N) is 2. The van der Waals surface area contributed by atoms with Gasteiger partial charge in [0.05, 0.1) is 0 Å². The summed E-state index contributed by atoms with van der Waals surface area (Å²) in [5, 5.41) is 0. The molecule has 76 valence electrons. The van der Waals surface area contributed by atoms with Gasteiger partial charge in [0.1, 0.15) is 0 Å². The number of benzene rings is 1. The molecule has 3 heteroatoms. The Balaban J connectivity index is 2.17. The zero-order valence-electron chi connectivity index (χ0n) is 7.99. The van der Waals surface area contributed by atoms with Crippen molar-refractivity contribution in [3.63, 3.8) is 0 Å². The molecular formula is C11H15IN2. The zero-order valence-corrected chi connectivity index (χ0v) is 10.1. The van der Waals surface area contributed by atoms with Gasteiger partial charge in [-0.05, 0) is 53.0 Å². The summed E-state index contributed by atoms with van der Waals surface area (Å²) < 4.78 is 1.22. The monoisotopic (exact) mass is 302 g/mol. The van der Waals surface area contributed by atoms with Crippen LogP contribution in [-0.2, 0) is 0 Å². The van der Waals surface area contributed by atoms with E-state index in [9.17, 15) is 0 Å². The van der Waals surface area contributed by atoms with Crippen LogP contribution < -0.4 is 11.5 Å². The quantitative estimate of drug-likeness (QED) is 0.839. The van der Waals surface area contributed by atoms with E-state index in [1.165, 1.54) is 22.0 Å². The third-order valence-corrected chi connectivity index (χ3v) is 3.83. The molecule has 0 saturated heterocycles. The third kappa shape index (κ3) is 2.10. The second kappa shape index (κ2) is 4.16. The van der Waals surface area contributed by atoms with Crippen molar-refractivity contribution >= 4 is 22.6 Å². The molecule has 1 aromatic rings. The van der Waals surface area contributed by atoms with Gasteiger partial charge in [0.25, 0.3) is 0 Å². The molecule has 0 aliphatic heterocycles. The second-order valence-corrected chi connectivity index (χ2v) is 5.12. The maximum atomic E-state index is 6.15. The average Bonchev–Trinajstić information content (AvgIpc) is 3.00. The van der Waals surface area contributed by atoms with Crippen molar-refractivity contribution in [2.45, 2.75) is 24.9 Å². The maximum absolute atomic E-state index is 6.15. The summed E-state index contributed by atoms with van der Waals surface area (Å²) in [5.41, 5.74) is 13.4. The predicted molar refractivity (Wildman–Crippen MR) is 66.8 cm³/mol. The Bertz CT molecular complexity index is 323. The first-order valence-electron chi connectivity index (χ1n) is 4.95. The minimum Gasteiger partial charge on any atom is -0.326 e. The van der Waals surface area contributed by atoms with E-state index in [1.54, 1.807) is 0 Å². The van der Waals surface area contributed by atoms with Crippen LogP contribution in [0.3, 0.4) is 0 Å². The van der Waals surface area contributed by atoms with E-state index in [0.29, 0.717) is 5.92 Å². The van der Waals surface area contributed by atoms with Crippen LogP contribution in [0.4, 0.5) is 0 Å². The fourth-order valence-corrected chi connectivity index (χ4v) is 2.47. The van der Waals surface area contributed by atoms with Gasteiger partial charge in [-0.2, -0.15) is 0 Å². The molecule has 0 spiro atoms. The van der Waals surface area contributed by atoms with Gasteiger partial charge in [0.2, 0.25) is 0 Å². The van der Waals surface area contributed by atoms with Gasteiger partial charge in [-0.1, -0.05) is 18.2 Å². The van der Waals surface area contributed by atoms with E-state index in [1.807, 2.05) is 12.1 Å². The van der Waals surface area contributed by atoms with Gasteiger partial charge in [-0.15, -0.1) is 0 Å². The van der Waals surface area contributed by atoms with Crippen LogP contribution in [-0.4, -0.2) is 6.04 Å². The Hall–Kier alpha value is -0.130. The summed E-state index contributed by atoms with van der Waals surface area (Å²) in [7, 11) is 0. The lowest BCUT2D eigenvalue weighted by Crippen LogP contribution is -2.36. The Morgan fingerprint density at radius 3 is 2.43 bits per heavy atom. The first-order chi connectivity index (χ1) is 6.70. The van der Waals surface area contributed by atoms with Crippen LogP contribution >= 0.6 is 22.6 Å². The molecule has 1 aliphatic rings. The highest BCUT2D eigenvalue weighted by Gasteiger charge is 2.33. The van der Waals surface area contributed by atoms with Crippen molar-refractivity contribution in [1.29, 1.82) is 0 Å². The molecule has 0 unspecified atom stereocenters. The van der Waals surface area contributed by atoms with Crippen molar-refractivity contribution in [3.05, 3.63) is 33.4 Å². The molecule has 2 nitrogen and oxygen atoms in total. The van der Waals surface area contributed by atoms with Crippen molar-refractivity contribution in [2.75, 3.05) is 0 Å². The lowest BCUT2D eigenvalue weighted by atomic mass is 9.98. The van der Waals surface area contributed by atoms with E-state index in [2.05, 4.69) is 34.7 Å². The van der Waals surface area contributed by atoms with Gasteiger partial charge in [0, 0.05) is 15.7 Å². The van der Waals surface area contributed by atoms with Crippen molar-refractivity contribution in [2.24, 2.45) is 17.4 Å². The van der Waals surface area contributed by atoms with Crippen molar-refractivity contribution < 1.29 is 0 Å². The molecule has 2 rings (SSSR count). The SMILES string of the molecule is N[C@@H](c1ccccc1I)[C@@H](N)C1CC1. The van der Waals surface area contributed by atoms with E-state index in [-0.39, 0.29) is 12.1 Å². The largest absolute Gasteiger partial charge is 0.326 e. The van der Waals surface area contributed by atoms with E-state index < -0.39 is 0 Å².